The maximum absolute atomic E-state index is 13.3. The lowest BCUT2D eigenvalue weighted by Gasteiger charge is -2.33. The van der Waals surface area contributed by atoms with Gasteiger partial charge >= 0.3 is 0 Å². The van der Waals surface area contributed by atoms with E-state index in [0.717, 1.165) is 18.7 Å². The summed E-state index contributed by atoms with van der Waals surface area (Å²) in [5.41, 5.74) is 2.06. The van der Waals surface area contributed by atoms with E-state index in [9.17, 15) is 18.0 Å². The molecule has 2 heterocycles. The van der Waals surface area contributed by atoms with Gasteiger partial charge in [0.05, 0.1) is 31.3 Å². The van der Waals surface area contributed by atoms with Gasteiger partial charge in [0.15, 0.2) is 9.84 Å². The molecule has 2 aliphatic heterocycles. The molecule has 9 nitrogen and oxygen atoms in total. The first-order valence-corrected chi connectivity index (χ1v) is 13.2. The molecule has 1 atom stereocenters. The Morgan fingerprint density at radius 2 is 1.44 bits per heavy atom. The van der Waals surface area contributed by atoms with Crippen LogP contribution in [0.3, 0.4) is 0 Å². The molecule has 0 aliphatic carbocycles. The van der Waals surface area contributed by atoms with Crippen molar-refractivity contribution in [3.05, 3.63) is 60.2 Å². The van der Waals surface area contributed by atoms with Gasteiger partial charge in [-0.25, -0.2) is 8.42 Å². The number of anilines is 2. The fourth-order valence-corrected chi connectivity index (χ4v) is 5.39. The van der Waals surface area contributed by atoms with Gasteiger partial charge in [-0.05, 0) is 29.8 Å². The Morgan fingerprint density at radius 3 is 2.06 bits per heavy atom. The van der Waals surface area contributed by atoms with Crippen LogP contribution in [-0.2, 0) is 24.2 Å². The van der Waals surface area contributed by atoms with Gasteiger partial charge in [-0.1, -0.05) is 30.3 Å². The van der Waals surface area contributed by atoms with Crippen LogP contribution in [0.2, 0.25) is 0 Å². The summed E-state index contributed by atoms with van der Waals surface area (Å²) < 4.78 is 29.0. The van der Waals surface area contributed by atoms with Crippen LogP contribution >= 0.6 is 0 Å². The molecule has 1 unspecified atom stereocenters. The van der Waals surface area contributed by atoms with E-state index in [4.69, 9.17) is 4.74 Å². The summed E-state index contributed by atoms with van der Waals surface area (Å²) in [6.07, 6.45) is 0. The van der Waals surface area contributed by atoms with Crippen LogP contribution < -0.4 is 10.6 Å². The molecule has 0 radical (unpaired) electrons. The highest BCUT2D eigenvalue weighted by atomic mass is 32.2. The molecule has 0 saturated carbocycles. The lowest BCUT2D eigenvalue weighted by Crippen LogP contribution is -2.46. The molecule has 34 heavy (non-hydrogen) atoms. The molecule has 2 aromatic carbocycles. The Hall–Kier alpha value is -2.79. The van der Waals surface area contributed by atoms with Crippen molar-refractivity contribution in [3.8, 4) is 0 Å². The van der Waals surface area contributed by atoms with E-state index in [1.807, 2.05) is 40.1 Å². The minimum Gasteiger partial charge on any atom is -0.379 e. The van der Waals surface area contributed by atoms with Crippen molar-refractivity contribution in [2.45, 2.75) is 6.04 Å². The number of nitrogens with zero attached hydrogens (tertiary/aromatic N) is 2. The minimum absolute atomic E-state index is 0.0441. The molecule has 2 N–H and O–H groups in total. The number of nitrogens with one attached hydrogen (secondary N) is 2. The summed E-state index contributed by atoms with van der Waals surface area (Å²) >= 11 is 0. The largest absolute Gasteiger partial charge is 0.379 e. The van der Waals surface area contributed by atoms with E-state index in [-0.39, 0.29) is 23.3 Å². The van der Waals surface area contributed by atoms with Gasteiger partial charge in [0, 0.05) is 37.6 Å². The highest BCUT2D eigenvalue weighted by molar-refractivity contribution is 7.91. The van der Waals surface area contributed by atoms with Gasteiger partial charge in [0.2, 0.25) is 11.8 Å². The molecule has 182 valence electrons. The molecule has 2 saturated heterocycles. The summed E-state index contributed by atoms with van der Waals surface area (Å²) in [6, 6.07) is 15.7. The van der Waals surface area contributed by atoms with Gasteiger partial charge in [0.25, 0.3) is 0 Å². The second kappa shape index (κ2) is 11.1. The third kappa shape index (κ3) is 6.63. The molecule has 0 bridgehead atoms. The van der Waals surface area contributed by atoms with Crippen molar-refractivity contribution < 1.29 is 22.7 Å². The van der Waals surface area contributed by atoms with E-state index in [2.05, 4.69) is 10.6 Å². The fourth-order valence-electron chi connectivity index (χ4n) is 4.16. The van der Waals surface area contributed by atoms with E-state index >= 15 is 0 Å². The van der Waals surface area contributed by atoms with E-state index in [1.54, 1.807) is 24.3 Å². The first-order valence-electron chi connectivity index (χ1n) is 11.4. The zero-order valence-electron chi connectivity index (χ0n) is 19.0. The average Bonchev–Trinajstić information content (AvgIpc) is 2.83. The Bertz CT molecular complexity index is 1070. The normalized spacial score (nSPS) is 19.8. The summed E-state index contributed by atoms with van der Waals surface area (Å²) in [6.45, 7) is 3.69. The number of sulfone groups is 1. The predicted molar refractivity (Wildman–Crippen MR) is 130 cm³/mol. The third-order valence-electron chi connectivity index (χ3n) is 6.01. The highest BCUT2D eigenvalue weighted by Gasteiger charge is 2.32. The van der Waals surface area contributed by atoms with Crippen LogP contribution in [0.25, 0.3) is 0 Å². The first-order chi connectivity index (χ1) is 16.4. The maximum atomic E-state index is 13.3. The fraction of sp³-hybridized carbons (Fsp3) is 0.417. The Morgan fingerprint density at radius 1 is 0.853 bits per heavy atom. The maximum Gasteiger partial charge on any atom is 0.246 e. The van der Waals surface area contributed by atoms with Gasteiger partial charge in [-0.2, -0.15) is 0 Å². The molecule has 0 spiro atoms. The van der Waals surface area contributed by atoms with Crippen molar-refractivity contribution in [1.82, 2.24) is 9.80 Å². The summed E-state index contributed by atoms with van der Waals surface area (Å²) in [5, 5.41) is 5.82. The Labute approximate surface area is 200 Å². The SMILES string of the molecule is O=C(CN1CCOCC1)Nc1ccc(NC(=O)C(c2ccccc2)N2CCS(=O)(=O)CC2)cc1. The quantitative estimate of drug-likeness (QED) is 0.609. The predicted octanol–water partition coefficient (Wildman–Crippen LogP) is 1.37. The number of rotatable bonds is 7. The standard InChI is InChI=1S/C24H30N4O5S/c29-22(18-27-10-14-33-15-11-27)25-20-6-8-21(9-7-20)26-24(30)23(19-4-2-1-3-5-19)28-12-16-34(31,32)17-13-28/h1-9,23H,10-18H2,(H,25,29)(H,26,30). The van der Waals surface area contributed by atoms with Crippen LogP contribution in [0, 0.1) is 0 Å². The monoisotopic (exact) mass is 486 g/mol. The van der Waals surface area contributed by atoms with E-state index in [0.29, 0.717) is 44.2 Å². The number of ether oxygens (including phenoxy) is 1. The number of morpholine rings is 1. The van der Waals surface area contributed by atoms with Gasteiger partial charge in [0.1, 0.15) is 6.04 Å². The molecule has 4 rings (SSSR count). The van der Waals surface area contributed by atoms with Crippen LogP contribution in [0.1, 0.15) is 11.6 Å². The van der Waals surface area contributed by atoms with Crippen molar-refractivity contribution in [2.24, 2.45) is 0 Å². The Balaban J connectivity index is 1.38. The van der Waals surface area contributed by atoms with Crippen molar-refractivity contribution in [3.63, 3.8) is 0 Å². The first kappa shape index (κ1) is 24.3. The van der Waals surface area contributed by atoms with Gasteiger partial charge in [-0.15, -0.1) is 0 Å². The summed E-state index contributed by atoms with van der Waals surface area (Å²) in [5.74, 6) is -0.234. The summed E-state index contributed by atoms with van der Waals surface area (Å²) in [7, 11) is -3.06. The molecule has 2 aromatic rings. The molecule has 2 amide bonds. The molecule has 10 heteroatoms. The smallest absolute Gasteiger partial charge is 0.246 e. The molecular weight excluding hydrogens is 456 g/mol. The number of benzene rings is 2. The van der Waals surface area contributed by atoms with Crippen molar-refractivity contribution >= 4 is 33.0 Å². The zero-order valence-corrected chi connectivity index (χ0v) is 19.8. The lowest BCUT2D eigenvalue weighted by molar-refractivity contribution is -0.121. The second-order valence-corrected chi connectivity index (χ2v) is 10.8. The number of amides is 2. The second-order valence-electron chi connectivity index (χ2n) is 8.50. The summed E-state index contributed by atoms with van der Waals surface area (Å²) in [4.78, 5) is 29.5. The molecular formula is C24H30N4O5S. The number of hydrogen-bond donors (Lipinski definition) is 2. The third-order valence-corrected chi connectivity index (χ3v) is 7.62. The topological polar surface area (TPSA) is 108 Å². The lowest BCUT2D eigenvalue weighted by atomic mass is 10.0. The van der Waals surface area contributed by atoms with Crippen LogP contribution in [0.5, 0.6) is 0 Å². The van der Waals surface area contributed by atoms with Crippen molar-refractivity contribution in [1.29, 1.82) is 0 Å². The van der Waals surface area contributed by atoms with E-state index in [1.165, 1.54) is 0 Å². The van der Waals surface area contributed by atoms with Crippen LogP contribution in [0.15, 0.2) is 54.6 Å². The highest BCUT2D eigenvalue weighted by Crippen LogP contribution is 2.25. The number of carbonyl (C=O) groups is 2. The average molecular weight is 487 g/mol. The van der Waals surface area contributed by atoms with Crippen LogP contribution in [-0.4, -0.2) is 87.5 Å². The number of hydrogen-bond acceptors (Lipinski definition) is 7. The van der Waals surface area contributed by atoms with Gasteiger partial charge in [-0.3, -0.25) is 19.4 Å². The molecule has 2 aliphatic rings. The minimum atomic E-state index is -3.06. The number of carbonyl (C=O) groups excluding carboxylic acids is 2. The van der Waals surface area contributed by atoms with Crippen molar-refractivity contribution in [2.75, 3.05) is 68.1 Å². The van der Waals surface area contributed by atoms with Gasteiger partial charge < -0.3 is 15.4 Å². The molecule has 0 aromatic heterocycles. The zero-order chi connectivity index (χ0) is 24.0. The Kier molecular flexibility index (Phi) is 7.94. The van der Waals surface area contributed by atoms with Crippen LogP contribution in [0.4, 0.5) is 11.4 Å². The van der Waals surface area contributed by atoms with E-state index < -0.39 is 15.9 Å². The molecule has 2 fully saturated rings.